The van der Waals surface area contributed by atoms with E-state index in [4.69, 9.17) is 4.98 Å². The minimum Gasteiger partial charge on any atom is -0.336 e. The molecule has 9 heteroatoms. The lowest BCUT2D eigenvalue weighted by atomic mass is 10.0. The zero-order valence-electron chi connectivity index (χ0n) is 15.9. The number of imidazole rings is 1. The molecule has 148 valence electrons. The van der Waals surface area contributed by atoms with Gasteiger partial charge < -0.3 is 4.98 Å². The van der Waals surface area contributed by atoms with Gasteiger partial charge in [0.2, 0.25) is 0 Å². The van der Waals surface area contributed by atoms with Crippen LogP contribution in [0.1, 0.15) is 0 Å². The Labute approximate surface area is 174 Å². The topological polar surface area (TPSA) is 109 Å². The minimum absolute atomic E-state index is 0.341. The van der Waals surface area contributed by atoms with Gasteiger partial charge in [-0.2, -0.15) is 5.10 Å². The molecule has 0 spiro atoms. The first-order chi connectivity index (χ1) is 15.3. The molecule has 0 saturated heterocycles. The van der Waals surface area contributed by atoms with Gasteiger partial charge in [0.15, 0.2) is 5.82 Å². The fourth-order valence-electron chi connectivity index (χ4n) is 3.64. The monoisotopic (exact) mass is 408 g/mol. The number of halogens is 1. The van der Waals surface area contributed by atoms with Crippen molar-refractivity contribution in [1.82, 2.24) is 40.1 Å². The van der Waals surface area contributed by atoms with Gasteiger partial charge in [-0.05, 0) is 30.3 Å². The normalized spacial score (nSPS) is 11.4. The number of H-pyrrole nitrogens is 2. The number of aromatic nitrogens is 8. The minimum atomic E-state index is -0.417. The number of nitrogens with zero attached hydrogens (tertiary/aromatic N) is 6. The molecule has 6 aromatic rings. The van der Waals surface area contributed by atoms with Crippen molar-refractivity contribution in [1.29, 1.82) is 0 Å². The van der Waals surface area contributed by atoms with Crippen molar-refractivity contribution in [2.24, 2.45) is 0 Å². The number of rotatable bonds is 3. The van der Waals surface area contributed by atoms with E-state index in [1.165, 1.54) is 6.33 Å². The average molecular weight is 408 g/mol. The Kier molecular flexibility index (Phi) is 3.79. The molecule has 0 saturated carbocycles. The molecule has 0 amide bonds. The summed E-state index contributed by atoms with van der Waals surface area (Å²) >= 11 is 0. The van der Waals surface area contributed by atoms with Crippen molar-refractivity contribution in [2.45, 2.75) is 0 Å². The zero-order valence-corrected chi connectivity index (χ0v) is 15.9. The van der Waals surface area contributed by atoms with E-state index in [2.05, 4.69) is 35.1 Å². The number of aromatic amines is 2. The third-order valence-electron chi connectivity index (χ3n) is 5.07. The van der Waals surface area contributed by atoms with Gasteiger partial charge in [-0.3, -0.25) is 15.1 Å². The van der Waals surface area contributed by atoms with E-state index in [1.807, 2.05) is 24.3 Å². The van der Waals surface area contributed by atoms with Crippen molar-refractivity contribution in [3.8, 4) is 34.0 Å². The third kappa shape index (κ3) is 2.75. The maximum atomic E-state index is 15.6. The molecule has 8 nitrogen and oxygen atoms in total. The molecule has 0 atom stereocenters. The molecule has 2 N–H and O–H groups in total. The highest BCUT2D eigenvalue weighted by atomic mass is 19.1. The number of pyridine rings is 2. The van der Waals surface area contributed by atoms with Crippen LogP contribution in [0.15, 0.2) is 67.5 Å². The van der Waals surface area contributed by atoms with E-state index in [0.717, 1.165) is 5.52 Å². The molecule has 6 rings (SSSR count). The quantitative estimate of drug-likeness (QED) is 0.455. The van der Waals surface area contributed by atoms with Crippen molar-refractivity contribution < 1.29 is 4.39 Å². The Morgan fingerprint density at radius 2 is 1.74 bits per heavy atom. The van der Waals surface area contributed by atoms with Crippen molar-refractivity contribution in [2.75, 3.05) is 0 Å². The largest absolute Gasteiger partial charge is 0.336 e. The van der Waals surface area contributed by atoms with E-state index in [9.17, 15) is 0 Å². The van der Waals surface area contributed by atoms with Gasteiger partial charge in [-0.15, -0.1) is 0 Å². The molecular weight excluding hydrogens is 395 g/mol. The molecule has 31 heavy (non-hydrogen) atoms. The highest BCUT2D eigenvalue weighted by molar-refractivity contribution is 5.97. The summed E-state index contributed by atoms with van der Waals surface area (Å²) in [5.41, 5.74) is 4.67. The van der Waals surface area contributed by atoms with E-state index >= 15 is 4.39 Å². The smallest absolute Gasteiger partial charge is 0.159 e. The van der Waals surface area contributed by atoms with Crippen LogP contribution in [-0.2, 0) is 0 Å². The summed E-state index contributed by atoms with van der Waals surface area (Å²) in [5.74, 6) is 0.0198. The van der Waals surface area contributed by atoms with Crippen LogP contribution in [0.4, 0.5) is 4.39 Å². The predicted octanol–water partition coefficient (Wildman–Crippen LogP) is 4.16. The van der Waals surface area contributed by atoms with E-state index in [0.29, 0.717) is 50.5 Å². The fourth-order valence-corrected chi connectivity index (χ4v) is 3.64. The third-order valence-corrected chi connectivity index (χ3v) is 5.07. The average Bonchev–Trinajstić information content (AvgIpc) is 3.45. The lowest BCUT2D eigenvalue weighted by Crippen LogP contribution is -1.90. The van der Waals surface area contributed by atoms with E-state index in [-0.39, 0.29) is 0 Å². The van der Waals surface area contributed by atoms with E-state index in [1.54, 1.807) is 36.9 Å². The van der Waals surface area contributed by atoms with Crippen LogP contribution in [0.25, 0.3) is 56.0 Å². The molecule has 1 aromatic carbocycles. The number of benzene rings is 1. The van der Waals surface area contributed by atoms with Gasteiger partial charge in [-0.1, -0.05) is 6.07 Å². The maximum absolute atomic E-state index is 15.6. The molecule has 0 radical (unpaired) electrons. The Bertz CT molecular complexity index is 1540. The van der Waals surface area contributed by atoms with Crippen LogP contribution in [0, 0.1) is 5.82 Å². The summed E-state index contributed by atoms with van der Waals surface area (Å²) in [6, 6.07) is 10.9. The first kappa shape index (κ1) is 17.3. The molecule has 0 fully saturated rings. The van der Waals surface area contributed by atoms with Gasteiger partial charge in [0.25, 0.3) is 0 Å². The fraction of sp³-hybridized carbons (Fsp3) is 0. The van der Waals surface area contributed by atoms with Gasteiger partial charge in [0.05, 0.1) is 22.1 Å². The van der Waals surface area contributed by atoms with Crippen molar-refractivity contribution >= 4 is 21.9 Å². The molecule has 5 heterocycles. The number of fused-ring (bicyclic) bond motifs is 2. The van der Waals surface area contributed by atoms with Crippen molar-refractivity contribution in [3.63, 3.8) is 0 Å². The van der Waals surface area contributed by atoms with Gasteiger partial charge >= 0.3 is 0 Å². The Morgan fingerprint density at radius 1 is 0.839 bits per heavy atom. The number of hydrogen-bond acceptors (Lipinski definition) is 6. The number of nitrogens with one attached hydrogen (secondary N) is 2. The standard InChI is InChI=1S/C22H13FN8/c23-18-13(12-9-24-11-25-10-12)4-5-14-17(18)21(31-30-14)22-28-16-6-8-27-19(20(16)29-22)15-3-1-2-7-26-15/h1-11H,(H,28,29)(H,30,31). The Balaban J connectivity index is 1.56. The number of hydrogen-bond donors (Lipinski definition) is 2. The Hall–Kier alpha value is -4.53. The van der Waals surface area contributed by atoms with Crippen LogP contribution < -0.4 is 0 Å². The molecule has 0 aliphatic heterocycles. The molecule has 0 bridgehead atoms. The highest BCUT2D eigenvalue weighted by Crippen LogP contribution is 2.34. The second-order valence-electron chi connectivity index (χ2n) is 6.91. The summed E-state index contributed by atoms with van der Waals surface area (Å²) in [4.78, 5) is 24.7. The van der Waals surface area contributed by atoms with Gasteiger partial charge in [-0.25, -0.2) is 19.3 Å². The predicted molar refractivity (Wildman–Crippen MR) is 113 cm³/mol. The highest BCUT2D eigenvalue weighted by Gasteiger charge is 2.20. The van der Waals surface area contributed by atoms with Crippen molar-refractivity contribution in [3.05, 3.63) is 73.3 Å². The molecule has 0 aliphatic carbocycles. The van der Waals surface area contributed by atoms with Crippen LogP contribution in [0.3, 0.4) is 0 Å². The second kappa shape index (κ2) is 6.77. The SMILES string of the molecule is Fc1c(-c2cncnc2)ccc2[nH]nc(-c3nc4c(-c5ccccn5)nccc4[nH]3)c12. The van der Waals surface area contributed by atoms with Crippen LogP contribution in [0.5, 0.6) is 0 Å². The van der Waals surface area contributed by atoms with Gasteiger partial charge in [0, 0.05) is 35.9 Å². The summed E-state index contributed by atoms with van der Waals surface area (Å²) < 4.78 is 15.6. The first-order valence-electron chi connectivity index (χ1n) is 9.48. The second-order valence-corrected chi connectivity index (χ2v) is 6.91. The molecule has 0 unspecified atom stereocenters. The first-order valence-corrected chi connectivity index (χ1v) is 9.48. The lowest BCUT2D eigenvalue weighted by Gasteiger charge is -2.04. The van der Waals surface area contributed by atoms with E-state index < -0.39 is 5.82 Å². The Morgan fingerprint density at radius 3 is 2.58 bits per heavy atom. The van der Waals surface area contributed by atoms with Gasteiger partial charge in [0.1, 0.15) is 29.0 Å². The molecule has 0 aliphatic rings. The van der Waals surface area contributed by atoms with Crippen LogP contribution in [-0.4, -0.2) is 40.1 Å². The molecular formula is C22H13FN8. The van der Waals surface area contributed by atoms with Crippen LogP contribution in [0.2, 0.25) is 0 Å². The zero-order chi connectivity index (χ0) is 20.8. The summed E-state index contributed by atoms with van der Waals surface area (Å²) in [5, 5.41) is 7.56. The summed E-state index contributed by atoms with van der Waals surface area (Å²) in [6.07, 6.45) is 7.94. The van der Waals surface area contributed by atoms with Crippen LogP contribution >= 0.6 is 0 Å². The maximum Gasteiger partial charge on any atom is 0.159 e. The lowest BCUT2D eigenvalue weighted by molar-refractivity contribution is 0.643. The summed E-state index contributed by atoms with van der Waals surface area (Å²) in [6.45, 7) is 0. The molecule has 5 aromatic heterocycles. The summed E-state index contributed by atoms with van der Waals surface area (Å²) in [7, 11) is 0.